The van der Waals surface area contributed by atoms with Crippen LogP contribution in [0.5, 0.6) is 6.01 Å². The second-order valence-corrected chi connectivity index (χ2v) is 6.96. The molecular formula is C13H17N5O4S. The summed E-state index contributed by atoms with van der Waals surface area (Å²) >= 11 is 0. The van der Waals surface area contributed by atoms with E-state index in [-0.39, 0.29) is 36.8 Å². The van der Waals surface area contributed by atoms with Gasteiger partial charge in [-0.1, -0.05) is 0 Å². The Hall–Kier alpha value is -2.04. The molecule has 2 aromatic rings. The quantitative estimate of drug-likeness (QED) is 0.736. The maximum absolute atomic E-state index is 12.5. The van der Waals surface area contributed by atoms with Crippen molar-refractivity contribution in [1.82, 2.24) is 23.8 Å². The van der Waals surface area contributed by atoms with E-state index in [0.717, 1.165) is 0 Å². The molecule has 0 aliphatic carbocycles. The van der Waals surface area contributed by atoms with E-state index in [0.29, 0.717) is 6.61 Å². The van der Waals surface area contributed by atoms with Gasteiger partial charge in [0, 0.05) is 38.7 Å². The molecule has 1 fully saturated rings. The molecule has 3 heterocycles. The molecule has 9 nitrogen and oxygen atoms in total. The van der Waals surface area contributed by atoms with E-state index >= 15 is 0 Å². The van der Waals surface area contributed by atoms with E-state index in [9.17, 15) is 8.42 Å². The van der Waals surface area contributed by atoms with Crippen molar-refractivity contribution in [1.29, 1.82) is 0 Å². The molecular weight excluding hydrogens is 322 g/mol. The van der Waals surface area contributed by atoms with Crippen LogP contribution in [-0.4, -0.2) is 64.6 Å². The Kier molecular flexibility index (Phi) is 4.55. The standard InChI is InChI=1S/C13H17N5O4S/c1-17-8-12(16-10-17)23(19,20)18-5-6-21-11(7-18)9-22-13-14-3-2-4-15-13/h2-4,8,10-11H,5-7,9H2,1H3. The zero-order chi connectivity index (χ0) is 16.3. The zero-order valence-corrected chi connectivity index (χ0v) is 13.4. The van der Waals surface area contributed by atoms with E-state index < -0.39 is 10.0 Å². The van der Waals surface area contributed by atoms with Gasteiger partial charge in [0.05, 0.1) is 12.9 Å². The van der Waals surface area contributed by atoms with Crippen LogP contribution in [0.2, 0.25) is 0 Å². The summed E-state index contributed by atoms with van der Waals surface area (Å²) in [6.07, 6.45) is 5.70. The Labute approximate surface area is 133 Å². The van der Waals surface area contributed by atoms with E-state index in [1.807, 2.05) is 0 Å². The molecule has 2 aromatic heterocycles. The number of rotatable bonds is 5. The summed E-state index contributed by atoms with van der Waals surface area (Å²) in [6.45, 7) is 0.969. The number of hydrogen-bond acceptors (Lipinski definition) is 7. The SMILES string of the molecule is Cn1cnc(S(=O)(=O)N2CCOC(COc3ncccn3)C2)c1. The van der Waals surface area contributed by atoms with Crippen LogP contribution in [0.25, 0.3) is 0 Å². The van der Waals surface area contributed by atoms with Crippen molar-refractivity contribution in [3.8, 4) is 6.01 Å². The number of sulfonamides is 1. The van der Waals surface area contributed by atoms with E-state index in [1.54, 1.807) is 30.1 Å². The fourth-order valence-corrected chi connectivity index (χ4v) is 3.61. The van der Waals surface area contributed by atoms with Gasteiger partial charge in [-0.15, -0.1) is 0 Å². The molecule has 0 bridgehead atoms. The molecule has 1 aliphatic rings. The van der Waals surface area contributed by atoms with Crippen LogP contribution >= 0.6 is 0 Å². The Morgan fingerprint density at radius 1 is 1.35 bits per heavy atom. The topological polar surface area (TPSA) is 99.4 Å². The number of morpholine rings is 1. The lowest BCUT2D eigenvalue weighted by atomic mass is 10.3. The molecule has 1 unspecified atom stereocenters. The highest BCUT2D eigenvalue weighted by molar-refractivity contribution is 7.89. The van der Waals surface area contributed by atoms with Crippen LogP contribution in [0, 0.1) is 0 Å². The Bertz CT molecular complexity index is 749. The first-order chi connectivity index (χ1) is 11.1. The smallest absolute Gasteiger partial charge is 0.316 e. The summed E-state index contributed by atoms with van der Waals surface area (Å²) in [5.74, 6) is 0. The average molecular weight is 339 g/mol. The van der Waals surface area contributed by atoms with Crippen LogP contribution in [0.15, 0.2) is 36.0 Å². The van der Waals surface area contributed by atoms with Crippen LogP contribution in [0.3, 0.4) is 0 Å². The van der Waals surface area contributed by atoms with Crippen molar-refractivity contribution in [2.45, 2.75) is 11.1 Å². The molecule has 0 saturated carbocycles. The van der Waals surface area contributed by atoms with E-state index in [2.05, 4.69) is 15.0 Å². The van der Waals surface area contributed by atoms with Gasteiger partial charge in [-0.05, 0) is 6.07 Å². The van der Waals surface area contributed by atoms with Gasteiger partial charge in [0.15, 0.2) is 5.03 Å². The molecule has 23 heavy (non-hydrogen) atoms. The van der Waals surface area contributed by atoms with Crippen LogP contribution in [0.4, 0.5) is 0 Å². The zero-order valence-electron chi connectivity index (χ0n) is 12.6. The van der Waals surface area contributed by atoms with Crippen molar-refractivity contribution in [3.63, 3.8) is 0 Å². The summed E-state index contributed by atoms with van der Waals surface area (Å²) in [5, 5.41) is 0.0351. The van der Waals surface area contributed by atoms with Gasteiger partial charge in [-0.2, -0.15) is 4.31 Å². The third kappa shape index (κ3) is 3.66. The van der Waals surface area contributed by atoms with Crippen molar-refractivity contribution >= 4 is 10.0 Å². The van der Waals surface area contributed by atoms with E-state index in [1.165, 1.54) is 16.8 Å². The van der Waals surface area contributed by atoms with Gasteiger partial charge in [0.2, 0.25) is 0 Å². The number of imidazole rings is 1. The molecule has 0 amide bonds. The predicted molar refractivity (Wildman–Crippen MR) is 79.2 cm³/mol. The number of aromatic nitrogens is 4. The molecule has 0 radical (unpaired) electrons. The molecule has 0 N–H and O–H groups in total. The highest BCUT2D eigenvalue weighted by Gasteiger charge is 2.32. The Morgan fingerprint density at radius 3 is 2.83 bits per heavy atom. The van der Waals surface area contributed by atoms with Crippen molar-refractivity contribution in [2.24, 2.45) is 7.05 Å². The van der Waals surface area contributed by atoms with Gasteiger partial charge < -0.3 is 14.0 Å². The maximum atomic E-state index is 12.5. The Balaban J connectivity index is 1.64. The molecule has 10 heteroatoms. The fourth-order valence-electron chi connectivity index (χ4n) is 2.19. The number of ether oxygens (including phenoxy) is 2. The van der Waals surface area contributed by atoms with Crippen LogP contribution in [-0.2, 0) is 21.8 Å². The summed E-state index contributed by atoms with van der Waals surface area (Å²) in [4.78, 5) is 11.8. The molecule has 0 spiro atoms. The molecule has 0 aromatic carbocycles. The van der Waals surface area contributed by atoms with Crippen LogP contribution < -0.4 is 4.74 Å². The first kappa shape index (κ1) is 15.8. The lowest BCUT2D eigenvalue weighted by molar-refractivity contribution is -0.0265. The normalized spacial score (nSPS) is 19.6. The van der Waals surface area contributed by atoms with Gasteiger partial charge in [-0.25, -0.2) is 23.4 Å². The third-order valence-corrected chi connectivity index (χ3v) is 5.08. The van der Waals surface area contributed by atoms with Crippen LogP contribution in [0.1, 0.15) is 0 Å². The Morgan fingerprint density at radius 2 is 2.13 bits per heavy atom. The minimum atomic E-state index is -3.62. The predicted octanol–water partition coefficient (Wildman–Crippen LogP) is -0.321. The molecule has 1 atom stereocenters. The molecule has 3 rings (SSSR count). The summed E-state index contributed by atoms with van der Waals surface area (Å²) < 4.78 is 39.0. The molecule has 1 aliphatic heterocycles. The maximum Gasteiger partial charge on any atom is 0.316 e. The highest BCUT2D eigenvalue weighted by atomic mass is 32.2. The number of aryl methyl sites for hydroxylation is 1. The van der Waals surface area contributed by atoms with Gasteiger partial charge in [-0.3, -0.25) is 0 Å². The summed E-state index contributed by atoms with van der Waals surface area (Å²) in [6, 6.07) is 1.92. The molecule has 124 valence electrons. The first-order valence-corrected chi connectivity index (χ1v) is 8.49. The van der Waals surface area contributed by atoms with Crippen molar-refractivity contribution in [3.05, 3.63) is 31.0 Å². The second kappa shape index (κ2) is 6.60. The summed E-state index contributed by atoms with van der Waals surface area (Å²) in [5.41, 5.74) is 0. The third-order valence-electron chi connectivity index (χ3n) is 3.33. The highest BCUT2D eigenvalue weighted by Crippen LogP contribution is 2.17. The lowest BCUT2D eigenvalue weighted by Crippen LogP contribution is -2.47. The largest absolute Gasteiger partial charge is 0.461 e. The average Bonchev–Trinajstić information content (AvgIpc) is 3.01. The van der Waals surface area contributed by atoms with E-state index in [4.69, 9.17) is 9.47 Å². The van der Waals surface area contributed by atoms with Crippen molar-refractivity contribution < 1.29 is 17.9 Å². The minimum absolute atomic E-state index is 0.0351. The van der Waals surface area contributed by atoms with Gasteiger partial charge in [0.1, 0.15) is 12.7 Å². The lowest BCUT2D eigenvalue weighted by Gasteiger charge is -2.31. The monoisotopic (exact) mass is 339 g/mol. The van der Waals surface area contributed by atoms with Crippen molar-refractivity contribution in [2.75, 3.05) is 26.3 Å². The number of nitrogens with zero attached hydrogens (tertiary/aromatic N) is 5. The second-order valence-electron chi connectivity index (χ2n) is 5.08. The van der Waals surface area contributed by atoms with Gasteiger partial charge in [0.25, 0.3) is 10.0 Å². The van der Waals surface area contributed by atoms with Gasteiger partial charge >= 0.3 is 6.01 Å². The first-order valence-electron chi connectivity index (χ1n) is 7.05. The number of hydrogen-bond donors (Lipinski definition) is 0. The minimum Gasteiger partial charge on any atom is -0.461 e. The summed E-state index contributed by atoms with van der Waals surface area (Å²) in [7, 11) is -1.90. The molecule has 1 saturated heterocycles. The fraction of sp³-hybridized carbons (Fsp3) is 0.462.